The molecule has 2 N–H and O–H groups in total. The largest absolute Gasteiger partial charge is 0.396 e. The van der Waals surface area contributed by atoms with Crippen LogP contribution >= 0.6 is 0 Å². The molecule has 2 atom stereocenters. The molecule has 1 rings (SSSR count). The van der Waals surface area contributed by atoms with Gasteiger partial charge >= 0.3 is 0 Å². The van der Waals surface area contributed by atoms with Gasteiger partial charge in [0.1, 0.15) is 0 Å². The summed E-state index contributed by atoms with van der Waals surface area (Å²) in [5.74, 6) is 0.856. The van der Waals surface area contributed by atoms with Crippen LogP contribution in [-0.2, 0) is 0 Å². The molecule has 1 fully saturated rings. The molecule has 0 spiro atoms. The highest BCUT2D eigenvalue weighted by atomic mass is 16.3. The van der Waals surface area contributed by atoms with Crippen molar-refractivity contribution in [1.29, 1.82) is 0 Å². The standard InChI is InChI=1S/C16H34N2O/c1-14(2)18(9-6-10-19)13-16(12-17-4)8-5-7-15(3)11-16/h14-15,17,19H,5-13H2,1-4H3. The molecule has 0 bridgehead atoms. The minimum absolute atomic E-state index is 0.304. The molecule has 114 valence electrons. The van der Waals surface area contributed by atoms with Crippen LogP contribution in [-0.4, -0.2) is 49.3 Å². The van der Waals surface area contributed by atoms with Crippen molar-refractivity contribution in [3.8, 4) is 0 Å². The van der Waals surface area contributed by atoms with Gasteiger partial charge in [-0.3, -0.25) is 0 Å². The van der Waals surface area contributed by atoms with E-state index in [2.05, 4.69) is 38.0 Å². The van der Waals surface area contributed by atoms with Crippen molar-refractivity contribution in [2.45, 2.75) is 58.9 Å². The van der Waals surface area contributed by atoms with Crippen LogP contribution in [0, 0.1) is 11.3 Å². The summed E-state index contributed by atoms with van der Waals surface area (Å²) in [4.78, 5) is 2.56. The second kappa shape index (κ2) is 8.23. The molecule has 1 saturated carbocycles. The van der Waals surface area contributed by atoms with Crippen molar-refractivity contribution >= 4 is 0 Å². The van der Waals surface area contributed by atoms with E-state index in [4.69, 9.17) is 5.11 Å². The molecule has 1 aliphatic carbocycles. The number of hydrogen-bond donors (Lipinski definition) is 2. The summed E-state index contributed by atoms with van der Waals surface area (Å²) in [7, 11) is 2.08. The minimum atomic E-state index is 0.304. The summed E-state index contributed by atoms with van der Waals surface area (Å²) >= 11 is 0. The van der Waals surface area contributed by atoms with E-state index in [0.29, 0.717) is 18.1 Å². The summed E-state index contributed by atoms with van der Waals surface area (Å²) in [6.07, 6.45) is 6.35. The van der Waals surface area contributed by atoms with Crippen molar-refractivity contribution in [3.05, 3.63) is 0 Å². The monoisotopic (exact) mass is 270 g/mol. The van der Waals surface area contributed by atoms with E-state index >= 15 is 0 Å². The van der Waals surface area contributed by atoms with Gasteiger partial charge in [0, 0.05) is 32.3 Å². The van der Waals surface area contributed by atoms with Gasteiger partial charge in [0.05, 0.1) is 0 Å². The van der Waals surface area contributed by atoms with Crippen LogP contribution in [0.15, 0.2) is 0 Å². The summed E-state index contributed by atoms with van der Waals surface area (Å²) < 4.78 is 0. The van der Waals surface area contributed by atoms with Gasteiger partial charge in [-0.25, -0.2) is 0 Å². The normalized spacial score (nSPS) is 28.3. The van der Waals surface area contributed by atoms with Crippen molar-refractivity contribution < 1.29 is 5.11 Å². The Morgan fingerprint density at radius 1 is 1.42 bits per heavy atom. The third-order valence-corrected chi connectivity index (χ3v) is 4.61. The zero-order valence-corrected chi connectivity index (χ0v) is 13.4. The highest BCUT2D eigenvalue weighted by molar-refractivity contribution is 4.90. The van der Waals surface area contributed by atoms with Crippen LogP contribution in [0.25, 0.3) is 0 Å². The number of aliphatic hydroxyl groups excluding tert-OH is 1. The molecule has 0 heterocycles. The molecular formula is C16H34N2O. The van der Waals surface area contributed by atoms with E-state index in [1.54, 1.807) is 0 Å². The van der Waals surface area contributed by atoms with Crippen LogP contribution in [0.3, 0.4) is 0 Å². The Kier molecular flexibility index (Phi) is 7.33. The number of nitrogens with one attached hydrogen (secondary N) is 1. The average molecular weight is 270 g/mol. The lowest BCUT2D eigenvalue weighted by atomic mass is 9.69. The van der Waals surface area contributed by atoms with E-state index in [0.717, 1.165) is 25.4 Å². The van der Waals surface area contributed by atoms with Gasteiger partial charge in [-0.15, -0.1) is 0 Å². The molecule has 19 heavy (non-hydrogen) atoms. The molecule has 0 aromatic rings. The van der Waals surface area contributed by atoms with Gasteiger partial charge in [-0.05, 0) is 51.5 Å². The Morgan fingerprint density at radius 2 is 2.16 bits per heavy atom. The van der Waals surface area contributed by atoms with E-state index in [1.807, 2.05) is 0 Å². The molecule has 0 aromatic heterocycles. The van der Waals surface area contributed by atoms with Crippen LogP contribution in [0.1, 0.15) is 52.9 Å². The van der Waals surface area contributed by atoms with E-state index < -0.39 is 0 Å². The fourth-order valence-electron chi connectivity index (χ4n) is 3.73. The Balaban J connectivity index is 2.68. The number of aliphatic hydroxyl groups is 1. The highest BCUT2D eigenvalue weighted by Gasteiger charge is 2.36. The first-order chi connectivity index (χ1) is 9.03. The Hall–Kier alpha value is -0.120. The maximum absolute atomic E-state index is 9.07. The fraction of sp³-hybridized carbons (Fsp3) is 1.00. The molecule has 0 aromatic carbocycles. The fourth-order valence-corrected chi connectivity index (χ4v) is 3.73. The first kappa shape index (κ1) is 16.9. The lowest BCUT2D eigenvalue weighted by Gasteiger charge is -2.44. The summed E-state index contributed by atoms with van der Waals surface area (Å²) in [6.45, 7) is 10.6. The highest BCUT2D eigenvalue weighted by Crippen LogP contribution is 2.39. The van der Waals surface area contributed by atoms with Crippen molar-refractivity contribution in [3.63, 3.8) is 0 Å². The summed E-state index contributed by atoms with van der Waals surface area (Å²) in [6, 6.07) is 0.567. The Morgan fingerprint density at radius 3 is 2.68 bits per heavy atom. The smallest absolute Gasteiger partial charge is 0.0443 e. The molecule has 2 unspecified atom stereocenters. The minimum Gasteiger partial charge on any atom is -0.396 e. The van der Waals surface area contributed by atoms with E-state index in [1.165, 1.54) is 32.2 Å². The molecule has 3 nitrogen and oxygen atoms in total. The predicted octanol–water partition coefficient (Wildman–Crippen LogP) is 2.50. The Labute approximate surface area is 119 Å². The van der Waals surface area contributed by atoms with Crippen LogP contribution in [0.4, 0.5) is 0 Å². The average Bonchev–Trinajstić information content (AvgIpc) is 2.34. The molecule has 3 heteroatoms. The van der Waals surface area contributed by atoms with Gasteiger partial charge in [0.2, 0.25) is 0 Å². The third kappa shape index (κ3) is 5.41. The van der Waals surface area contributed by atoms with Gasteiger partial charge < -0.3 is 15.3 Å². The number of nitrogens with zero attached hydrogens (tertiary/aromatic N) is 1. The summed E-state index contributed by atoms with van der Waals surface area (Å²) in [5, 5.41) is 12.5. The van der Waals surface area contributed by atoms with Crippen molar-refractivity contribution in [1.82, 2.24) is 10.2 Å². The van der Waals surface area contributed by atoms with Crippen LogP contribution < -0.4 is 5.32 Å². The lowest BCUT2D eigenvalue weighted by Crippen LogP contribution is -2.48. The maximum Gasteiger partial charge on any atom is 0.0443 e. The second-order valence-electron chi connectivity index (χ2n) is 6.87. The van der Waals surface area contributed by atoms with E-state index in [9.17, 15) is 0 Å². The Bertz CT molecular complexity index is 241. The summed E-state index contributed by atoms with van der Waals surface area (Å²) in [5.41, 5.74) is 0.437. The predicted molar refractivity (Wildman–Crippen MR) is 82.4 cm³/mol. The lowest BCUT2D eigenvalue weighted by molar-refractivity contribution is 0.0626. The van der Waals surface area contributed by atoms with Crippen LogP contribution in [0.5, 0.6) is 0 Å². The zero-order valence-electron chi connectivity index (χ0n) is 13.4. The topological polar surface area (TPSA) is 35.5 Å². The van der Waals surface area contributed by atoms with Gasteiger partial charge in [-0.2, -0.15) is 0 Å². The van der Waals surface area contributed by atoms with Gasteiger partial charge in [0.15, 0.2) is 0 Å². The number of rotatable bonds is 8. The van der Waals surface area contributed by atoms with Gasteiger partial charge in [-0.1, -0.05) is 19.8 Å². The van der Waals surface area contributed by atoms with Crippen LogP contribution in [0.2, 0.25) is 0 Å². The second-order valence-corrected chi connectivity index (χ2v) is 6.87. The molecular weight excluding hydrogens is 236 g/mol. The van der Waals surface area contributed by atoms with Gasteiger partial charge in [0.25, 0.3) is 0 Å². The first-order valence-electron chi connectivity index (χ1n) is 8.02. The van der Waals surface area contributed by atoms with Crippen molar-refractivity contribution in [2.75, 3.05) is 33.3 Å². The molecule has 1 aliphatic rings. The molecule has 0 aliphatic heterocycles. The number of hydrogen-bond acceptors (Lipinski definition) is 3. The molecule has 0 saturated heterocycles. The first-order valence-corrected chi connectivity index (χ1v) is 8.02. The molecule has 0 radical (unpaired) electrons. The van der Waals surface area contributed by atoms with Crippen molar-refractivity contribution in [2.24, 2.45) is 11.3 Å². The third-order valence-electron chi connectivity index (χ3n) is 4.61. The SMILES string of the molecule is CNCC1(CN(CCCO)C(C)C)CCCC(C)C1. The zero-order chi connectivity index (χ0) is 14.3. The molecule has 0 amide bonds. The van der Waals surface area contributed by atoms with E-state index in [-0.39, 0.29) is 0 Å². The maximum atomic E-state index is 9.07. The quantitative estimate of drug-likeness (QED) is 0.711.